The summed E-state index contributed by atoms with van der Waals surface area (Å²) in [6.07, 6.45) is -1.48. The van der Waals surface area contributed by atoms with E-state index in [1.54, 1.807) is 0 Å². The van der Waals surface area contributed by atoms with E-state index in [2.05, 4.69) is 37.2 Å². The maximum absolute atomic E-state index is 12.4. The number of alkyl halides is 3. The molecule has 2 N–H and O–H groups in total. The first-order valence-corrected chi connectivity index (χ1v) is 8.39. The molecule has 0 saturated carbocycles. The molecule has 0 amide bonds. The number of hydrogen-bond donors (Lipinski definition) is 2. The number of nitrogens with one attached hydrogen (secondary N) is 2. The first kappa shape index (κ1) is 19.7. The lowest BCUT2D eigenvalue weighted by Gasteiger charge is -2.12. The van der Waals surface area contributed by atoms with Crippen LogP contribution in [-0.4, -0.2) is 34.3 Å². The summed E-state index contributed by atoms with van der Waals surface area (Å²) in [6.45, 7) is 3.18. The Hall–Kier alpha value is -2.58. The second-order valence-electron chi connectivity index (χ2n) is 5.79. The molecule has 1 heterocycles. The molecule has 0 saturated heterocycles. The Morgan fingerprint density at radius 1 is 1.00 bits per heavy atom. The van der Waals surface area contributed by atoms with Gasteiger partial charge in [0.05, 0.1) is 0 Å². The Morgan fingerprint density at radius 2 is 1.69 bits per heavy atom. The second kappa shape index (κ2) is 9.21. The summed E-state index contributed by atoms with van der Waals surface area (Å²) >= 11 is 0. The SMILES string of the molecule is CCCCCNc1nc(Nc2ccc(C)cc2)nc(OCC(F)(F)F)n1. The van der Waals surface area contributed by atoms with Crippen molar-refractivity contribution < 1.29 is 17.9 Å². The Balaban J connectivity index is 2.13. The van der Waals surface area contributed by atoms with Crippen molar-refractivity contribution >= 4 is 17.6 Å². The van der Waals surface area contributed by atoms with Crippen LogP contribution < -0.4 is 15.4 Å². The predicted octanol–water partition coefficient (Wildman–Crippen LogP) is 4.47. The highest BCUT2D eigenvalue weighted by atomic mass is 19.4. The van der Waals surface area contributed by atoms with E-state index in [0.29, 0.717) is 12.2 Å². The van der Waals surface area contributed by atoms with Gasteiger partial charge in [-0.2, -0.15) is 28.1 Å². The molecular formula is C17H22F3N5O. The molecule has 0 atom stereocenters. The summed E-state index contributed by atoms with van der Waals surface area (Å²) in [7, 11) is 0. The molecule has 142 valence electrons. The minimum absolute atomic E-state index is 0.110. The third kappa shape index (κ3) is 7.12. The average molecular weight is 369 g/mol. The van der Waals surface area contributed by atoms with Gasteiger partial charge in [-0.05, 0) is 25.5 Å². The molecule has 0 aliphatic heterocycles. The van der Waals surface area contributed by atoms with Crippen LogP contribution in [0.5, 0.6) is 6.01 Å². The van der Waals surface area contributed by atoms with Crippen molar-refractivity contribution in [3.05, 3.63) is 29.8 Å². The van der Waals surface area contributed by atoms with Gasteiger partial charge >= 0.3 is 12.2 Å². The monoisotopic (exact) mass is 369 g/mol. The molecular weight excluding hydrogens is 347 g/mol. The van der Waals surface area contributed by atoms with Crippen molar-refractivity contribution in [3.8, 4) is 6.01 Å². The Bertz CT molecular complexity index is 692. The van der Waals surface area contributed by atoms with E-state index in [4.69, 9.17) is 0 Å². The quantitative estimate of drug-likeness (QED) is 0.636. The number of halogens is 3. The Kier molecular flexibility index (Phi) is 6.99. The second-order valence-corrected chi connectivity index (χ2v) is 5.79. The largest absolute Gasteiger partial charge is 0.454 e. The number of aromatic nitrogens is 3. The van der Waals surface area contributed by atoms with Crippen LogP contribution in [0, 0.1) is 6.92 Å². The zero-order valence-corrected chi connectivity index (χ0v) is 14.7. The molecule has 0 aliphatic carbocycles. The first-order chi connectivity index (χ1) is 12.4. The summed E-state index contributed by atoms with van der Waals surface area (Å²) in [6, 6.07) is 7.06. The summed E-state index contributed by atoms with van der Waals surface area (Å²) in [5.74, 6) is 0.280. The van der Waals surface area contributed by atoms with Crippen LogP contribution in [0.2, 0.25) is 0 Å². The summed E-state index contributed by atoms with van der Waals surface area (Å²) in [5.41, 5.74) is 1.79. The van der Waals surface area contributed by atoms with Crippen LogP contribution >= 0.6 is 0 Å². The molecule has 0 aliphatic rings. The lowest BCUT2D eigenvalue weighted by atomic mass is 10.2. The third-order valence-electron chi connectivity index (χ3n) is 3.35. The highest BCUT2D eigenvalue weighted by molar-refractivity contribution is 5.54. The number of ether oxygens (including phenoxy) is 1. The predicted molar refractivity (Wildman–Crippen MR) is 93.9 cm³/mol. The van der Waals surface area contributed by atoms with Crippen LogP contribution in [0.4, 0.5) is 30.8 Å². The molecule has 0 bridgehead atoms. The number of aryl methyl sites for hydroxylation is 1. The van der Waals surface area contributed by atoms with E-state index in [0.717, 1.165) is 24.8 Å². The van der Waals surface area contributed by atoms with Crippen molar-refractivity contribution in [2.75, 3.05) is 23.8 Å². The average Bonchev–Trinajstić information content (AvgIpc) is 2.58. The van der Waals surface area contributed by atoms with Crippen molar-refractivity contribution in [3.63, 3.8) is 0 Å². The van der Waals surface area contributed by atoms with Crippen molar-refractivity contribution in [2.24, 2.45) is 0 Å². The molecule has 0 fully saturated rings. The van der Waals surface area contributed by atoms with E-state index >= 15 is 0 Å². The molecule has 0 radical (unpaired) electrons. The van der Waals surface area contributed by atoms with Gasteiger partial charge in [-0.1, -0.05) is 37.5 Å². The van der Waals surface area contributed by atoms with Crippen molar-refractivity contribution in [2.45, 2.75) is 39.3 Å². The lowest BCUT2D eigenvalue weighted by molar-refractivity contribution is -0.154. The fourth-order valence-corrected chi connectivity index (χ4v) is 2.04. The summed E-state index contributed by atoms with van der Waals surface area (Å²) in [4.78, 5) is 12.0. The number of anilines is 3. The highest BCUT2D eigenvalue weighted by Gasteiger charge is 2.29. The van der Waals surface area contributed by atoms with Crippen LogP contribution in [0.3, 0.4) is 0 Å². The normalized spacial score (nSPS) is 11.3. The van der Waals surface area contributed by atoms with Gasteiger partial charge in [-0.3, -0.25) is 0 Å². The molecule has 6 nitrogen and oxygen atoms in total. The number of unbranched alkanes of at least 4 members (excludes halogenated alkanes) is 2. The van der Waals surface area contributed by atoms with Crippen molar-refractivity contribution in [1.29, 1.82) is 0 Å². The summed E-state index contributed by atoms with van der Waals surface area (Å²) in [5, 5.41) is 5.94. The molecule has 0 unspecified atom stereocenters. The molecule has 1 aromatic carbocycles. The number of benzene rings is 1. The minimum Gasteiger partial charge on any atom is -0.454 e. The minimum atomic E-state index is -4.47. The third-order valence-corrected chi connectivity index (χ3v) is 3.35. The maximum Gasteiger partial charge on any atom is 0.422 e. The molecule has 2 rings (SSSR count). The molecule has 9 heteroatoms. The Morgan fingerprint density at radius 3 is 2.35 bits per heavy atom. The fourth-order valence-electron chi connectivity index (χ4n) is 2.04. The van der Waals surface area contributed by atoms with Crippen LogP contribution in [0.15, 0.2) is 24.3 Å². The maximum atomic E-state index is 12.4. The fraction of sp³-hybridized carbons (Fsp3) is 0.471. The van der Waals surface area contributed by atoms with Gasteiger partial charge in [0.15, 0.2) is 6.61 Å². The number of rotatable bonds is 9. The summed E-state index contributed by atoms with van der Waals surface area (Å²) < 4.78 is 41.8. The zero-order valence-electron chi connectivity index (χ0n) is 14.7. The van der Waals surface area contributed by atoms with Gasteiger partial charge in [0, 0.05) is 12.2 Å². The zero-order chi connectivity index (χ0) is 19.0. The molecule has 0 spiro atoms. The van der Waals surface area contributed by atoms with Gasteiger partial charge in [0.2, 0.25) is 11.9 Å². The van der Waals surface area contributed by atoms with Gasteiger partial charge in [0.25, 0.3) is 0 Å². The van der Waals surface area contributed by atoms with E-state index in [1.165, 1.54) is 0 Å². The number of hydrogen-bond acceptors (Lipinski definition) is 6. The van der Waals surface area contributed by atoms with E-state index in [-0.39, 0.29) is 17.9 Å². The molecule has 26 heavy (non-hydrogen) atoms. The number of nitrogens with zero attached hydrogens (tertiary/aromatic N) is 3. The first-order valence-electron chi connectivity index (χ1n) is 8.39. The molecule has 2 aromatic rings. The highest BCUT2D eigenvalue weighted by Crippen LogP contribution is 2.20. The smallest absolute Gasteiger partial charge is 0.422 e. The van der Waals surface area contributed by atoms with Crippen LogP contribution in [0.25, 0.3) is 0 Å². The van der Waals surface area contributed by atoms with Crippen LogP contribution in [-0.2, 0) is 0 Å². The molecule has 1 aromatic heterocycles. The van der Waals surface area contributed by atoms with E-state index in [1.807, 2.05) is 31.2 Å². The topological polar surface area (TPSA) is 72.0 Å². The van der Waals surface area contributed by atoms with E-state index in [9.17, 15) is 13.2 Å². The van der Waals surface area contributed by atoms with Gasteiger partial charge < -0.3 is 15.4 Å². The lowest BCUT2D eigenvalue weighted by Crippen LogP contribution is -2.21. The standard InChI is InChI=1S/C17H22F3N5O/c1-3-4-5-10-21-14-23-15(22-13-8-6-12(2)7-9-13)25-16(24-14)26-11-17(18,19)20/h6-9H,3-5,10-11H2,1-2H3,(H2,21,22,23,24,25). The van der Waals surface area contributed by atoms with E-state index < -0.39 is 12.8 Å². The Labute approximate surface area is 150 Å². The van der Waals surface area contributed by atoms with Gasteiger partial charge in [-0.15, -0.1) is 0 Å². The van der Waals surface area contributed by atoms with Crippen LogP contribution in [0.1, 0.15) is 31.7 Å². The van der Waals surface area contributed by atoms with Crippen molar-refractivity contribution in [1.82, 2.24) is 15.0 Å². The van der Waals surface area contributed by atoms with Gasteiger partial charge in [-0.25, -0.2) is 0 Å². The van der Waals surface area contributed by atoms with Gasteiger partial charge in [0.1, 0.15) is 0 Å².